The number of nitrogens with zero attached hydrogens (tertiary/aromatic N) is 1. The molecule has 0 saturated carbocycles. The lowest BCUT2D eigenvalue weighted by Crippen LogP contribution is -2.30. The second kappa shape index (κ2) is 8.45. The molecule has 0 aliphatic rings. The molecule has 25 heavy (non-hydrogen) atoms. The summed E-state index contributed by atoms with van der Waals surface area (Å²) in [7, 11) is 0. The van der Waals surface area contributed by atoms with E-state index >= 15 is 0 Å². The highest BCUT2D eigenvalue weighted by Crippen LogP contribution is 2.24. The summed E-state index contributed by atoms with van der Waals surface area (Å²) in [5, 5.41) is 2.94. The number of anilines is 1. The quantitative estimate of drug-likeness (QED) is 0.732. The number of carbonyl (C=O) groups excluding carboxylic acids is 2. The van der Waals surface area contributed by atoms with Gasteiger partial charge in [0.05, 0.1) is 16.1 Å². The normalized spacial score (nSPS) is 10.4. The first kappa shape index (κ1) is 19.4. The molecule has 7 heteroatoms. The van der Waals surface area contributed by atoms with Crippen LogP contribution >= 0.6 is 27.5 Å². The highest BCUT2D eigenvalue weighted by Gasteiger charge is 2.17. The van der Waals surface area contributed by atoms with Gasteiger partial charge in [0.25, 0.3) is 11.8 Å². The predicted molar refractivity (Wildman–Crippen MR) is 101 cm³/mol. The smallest absolute Gasteiger partial charge is 0.256 e. The number of halogens is 3. The monoisotopic (exact) mass is 426 g/mol. The molecule has 0 aliphatic carbocycles. The third kappa shape index (κ3) is 4.58. The Balaban J connectivity index is 2.20. The zero-order valence-corrected chi connectivity index (χ0v) is 16.1. The first-order valence-electron chi connectivity index (χ1n) is 7.72. The molecule has 0 saturated heterocycles. The molecule has 0 radical (unpaired) electrons. The van der Waals surface area contributed by atoms with Crippen molar-refractivity contribution >= 4 is 45.0 Å². The zero-order chi connectivity index (χ0) is 18.6. The van der Waals surface area contributed by atoms with Crippen molar-refractivity contribution in [2.75, 3.05) is 18.4 Å². The average Bonchev–Trinajstić information content (AvgIpc) is 2.55. The van der Waals surface area contributed by atoms with Crippen LogP contribution in [0.1, 0.15) is 34.6 Å². The van der Waals surface area contributed by atoms with Crippen molar-refractivity contribution < 1.29 is 14.0 Å². The molecule has 2 amide bonds. The van der Waals surface area contributed by atoms with E-state index in [1.807, 2.05) is 13.8 Å². The summed E-state index contributed by atoms with van der Waals surface area (Å²) in [6.07, 6.45) is 0. The third-order valence-electron chi connectivity index (χ3n) is 3.68. The molecule has 0 atom stereocenters. The van der Waals surface area contributed by atoms with Gasteiger partial charge in [0.2, 0.25) is 0 Å². The molecule has 2 rings (SSSR count). The van der Waals surface area contributed by atoms with Gasteiger partial charge in [0.15, 0.2) is 0 Å². The van der Waals surface area contributed by atoms with E-state index in [2.05, 4.69) is 21.2 Å². The van der Waals surface area contributed by atoms with Crippen LogP contribution in [-0.2, 0) is 0 Å². The molecular weight excluding hydrogens is 411 g/mol. The molecule has 132 valence electrons. The number of nitrogens with one attached hydrogen (secondary N) is 1. The lowest BCUT2D eigenvalue weighted by atomic mass is 10.1. The molecule has 1 N–H and O–H groups in total. The summed E-state index contributed by atoms with van der Waals surface area (Å²) in [6.45, 7) is 4.96. The Morgan fingerprint density at radius 2 is 1.76 bits per heavy atom. The minimum Gasteiger partial charge on any atom is -0.339 e. The highest BCUT2D eigenvalue weighted by molar-refractivity contribution is 9.10. The van der Waals surface area contributed by atoms with E-state index in [0.717, 1.165) is 0 Å². The Kier molecular flexibility index (Phi) is 6.56. The lowest BCUT2D eigenvalue weighted by Gasteiger charge is -2.19. The van der Waals surface area contributed by atoms with E-state index in [9.17, 15) is 14.0 Å². The molecule has 0 heterocycles. The van der Waals surface area contributed by atoms with Gasteiger partial charge < -0.3 is 10.2 Å². The van der Waals surface area contributed by atoms with Crippen molar-refractivity contribution in [3.63, 3.8) is 0 Å². The van der Waals surface area contributed by atoms with E-state index < -0.39 is 11.7 Å². The van der Waals surface area contributed by atoms with E-state index in [1.165, 1.54) is 24.3 Å². The van der Waals surface area contributed by atoms with Crippen LogP contribution in [0.25, 0.3) is 0 Å². The van der Waals surface area contributed by atoms with Gasteiger partial charge in [-0.25, -0.2) is 4.39 Å². The first-order chi connectivity index (χ1) is 11.9. The molecule has 2 aromatic carbocycles. The Morgan fingerprint density at radius 3 is 2.32 bits per heavy atom. The van der Waals surface area contributed by atoms with Crippen molar-refractivity contribution in [1.82, 2.24) is 4.90 Å². The second-order valence-electron chi connectivity index (χ2n) is 5.25. The van der Waals surface area contributed by atoms with Gasteiger partial charge in [-0.05, 0) is 66.2 Å². The molecule has 0 unspecified atom stereocenters. The lowest BCUT2D eigenvalue weighted by molar-refractivity contribution is 0.0773. The number of benzene rings is 2. The van der Waals surface area contributed by atoms with Gasteiger partial charge in [-0.3, -0.25) is 9.59 Å². The van der Waals surface area contributed by atoms with Gasteiger partial charge in [-0.1, -0.05) is 11.6 Å². The standard InChI is InChI=1S/C18H17BrClFN2O2/c1-3-23(4-2)18(25)14-8-6-12(10-16(14)20)22-17(24)13-7-5-11(21)9-15(13)19/h5-10H,3-4H2,1-2H3,(H,22,24). The largest absolute Gasteiger partial charge is 0.339 e. The maximum absolute atomic E-state index is 13.1. The molecule has 2 aromatic rings. The van der Waals surface area contributed by atoms with E-state index in [0.29, 0.717) is 34.4 Å². The highest BCUT2D eigenvalue weighted by atomic mass is 79.9. The Hall–Kier alpha value is -1.92. The van der Waals surface area contributed by atoms with E-state index in [4.69, 9.17) is 11.6 Å². The van der Waals surface area contributed by atoms with Crippen LogP contribution in [-0.4, -0.2) is 29.8 Å². The molecule has 0 aromatic heterocycles. The maximum atomic E-state index is 13.1. The number of hydrogen-bond acceptors (Lipinski definition) is 2. The van der Waals surface area contributed by atoms with Gasteiger partial charge in [-0.15, -0.1) is 0 Å². The van der Waals surface area contributed by atoms with E-state index in [-0.39, 0.29) is 10.9 Å². The summed E-state index contributed by atoms with van der Waals surface area (Å²) in [5.74, 6) is -1.01. The van der Waals surface area contributed by atoms with Crippen molar-refractivity contribution in [3.8, 4) is 0 Å². The Morgan fingerprint density at radius 1 is 1.12 bits per heavy atom. The van der Waals surface area contributed by atoms with Gasteiger partial charge in [-0.2, -0.15) is 0 Å². The number of rotatable bonds is 5. The van der Waals surface area contributed by atoms with Crippen LogP contribution in [0.15, 0.2) is 40.9 Å². The van der Waals surface area contributed by atoms with Gasteiger partial charge >= 0.3 is 0 Å². The minimum atomic E-state index is -0.439. The fourth-order valence-corrected chi connectivity index (χ4v) is 3.11. The molecule has 0 spiro atoms. The van der Waals surface area contributed by atoms with Crippen molar-refractivity contribution in [2.45, 2.75) is 13.8 Å². The summed E-state index contributed by atoms with van der Waals surface area (Å²) in [5.41, 5.74) is 1.12. The fraction of sp³-hybridized carbons (Fsp3) is 0.222. The van der Waals surface area contributed by atoms with Crippen LogP contribution in [0.3, 0.4) is 0 Å². The van der Waals surface area contributed by atoms with Crippen LogP contribution in [0.2, 0.25) is 5.02 Å². The molecule has 0 bridgehead atoms. The molecule has 0 aliphatic heterocycles. The van der Waals surface area contributed by atoms with Crippen LogP contribution < -0.4 is 5.32 Å². The van der Waals surface area contributed by atoms with Gasteiger partial charge in [0, 0.05) is 23.2 Å². The predicted octanol–water partition coefficient (Wildman–Crippen LogP) is 4.98. The summed E-state index contributed by atoms with van der Waals surface area (Å²) in [6, 6.07) is 8.52. The van der Waals surface area contributed by atoms with Crippen LogP contribution in [0.4, 0.5) is 10.1 Å². The molecule has 0 fully saturated rings. The Labute approximate surface area is 159 Å². The number of amides is 2. The first-order valence-corrected chi connectivity index (χ1v) is 8.89. The number of carbonyl (C=O) groups is 2. The summed E-state index contributed by atoms with van der Waals surface area (Å²) >= 11 is 9.37. The molecular formula is C18H17BrClFN2O2. The maximum Gasteiger partial charge on any atom is 0.256 e. The summed E-state index contributed by atoms with van der Waals surface area (Å²) < 4.78 is 13.5. The van der Waals surface area contributed by atoms with Gasteiger partial charge in [0.1, 0.15) is 5.82 Å². The van der Waals surface area contributed by atoms with Crippen molar-refractivity contribution in [1.29, 1.82) is 0 Å². The van der Waals surface area contributed by atoms with Crippen LogP contribution in [0.5, 0.6) is 0 Å². The van der Waals surface area contributed by atoms with Crippen molar-refractivity contribution in [3.05, 3.63) is 62.8 Å². The zero-order valence-electron chi connectivity index (χ0n) is 13.8. The van der Waals surface area contributed by atoms with E-state index in [1.54, 1.807) is 17.0 Å². The second-order valence-corrected chi connectivity index (χ2v) is 6.51. The molecule has 4 nitrogen and oxygen atoms in total. The summed E-state index contributed by atoms with van der Waals surface area (Å²) in [4.78, 5) is 26.3. The fourth-order valence-electron chi connectivity index (χ4n) is 2.32. The topological polar surface area (TPSA) is 49.4 Å². The van der Waals surface area contributed by atoms with Crippen molar-refractivity contribution in [2.24, 2.45) is 0 Å². The SMILES string of the molecule is CCN(CC)C(=O)c1ccc(NC(=O)c2ccc(F)cc2Br)cc1Cl. The Bertz CT molecular complexity index is 810. The number of hydrogen-bond donors (Lipinski definition) is 1. The van der Waals surface area contributed by atoms with Crippen LogP contribution in [0, 0.1) is 5.82 Å². The minimum absolute atomic E-state index is 0.158. The third-order valence-corrected chi connectivity index (χ3v) is 4.65. The average molecular weight is 428 g/mol.